The Labute approximate surface area is 150 Å². The highest BCUT2D eigenvalue weighted by molar-refractivity contribution is 5.70. The number of hydrogen-bond donors (Lipinski definition) is 0. The zero-order valence-electron chi connectivity index (χ0n) is 14.7. The fraction of sp³-hybridized carbons (Fsp3) is 0.261. The van der Waals surface area contributed by atoms with E-state index in [9.17, 15) is 0 Å². The minimum atomic E-state index is 0.580. The van der Waals surface area contributed by atoms with Crippen molar-refractivity contribution in [3.8, 4) is 22.3 Å². The summed E-state index contributed by atoms with van der Waals surface area (Å²) in [5.74, 6) is 0. The lowest BCUT2D eigenvalue weighted by Gasteiger charge is -2.32. The molecule has 1 saturated heterocycles. The molecule has 1 aliphatic heterocycles. The second-order valence-corrected chi connectivity index (χ2v) is 6.93. The third kappa shape index (κ3) is 3.49. The van der Waals surface area contributed by atoms with Gasteiger partial charge in [0.1, 0.15) is 0 Å². The molecule has 0 N–H and O–H groups in total. The first-order chi connectivity index (χ1) is 12.3. The molecule has 2 aromatic carbocycles. The third-order valence-corrected chi connectivity index (χ3v) is 5.30. The molecule has 2 heteroatoms. The van der Waals surface area contributed by atoms with Crippen molar-refractivity contribution < 1.29 is 0 Å². The van der Waals surface area contributed by atoms with Gasteiger partial charge in [-0.1, -0.05) is 55.0 Å². The van der Waals surface area contributed by atoms with Gasteiger partial charge in [-0.2, -0.15) is 0 Å². The molecular weight excluding hydrogens is 304 g/mol. The Morgan fingerprint density at radius 1 is 0.720 bits per heavy atom. The summed E-state index contributed by atoms with van der Waals surface area (Å²) in [7, 11) is 2.25. The average molecular weight is 328 g/mol. The van der Waals surface area contributed by atoms with Crippen molar-refractivity contribution >= 4 is 0 Å². The molecule has 126 valence electrons. The second-order valence-electron chi connectivity index (χ2n) is 6.93. The topological polar surface area (TPSA) is 16.1 Å². The molecule has 1 fully saturated rings. The quantitative estimate of drug-likeness (QED) is 0.624. The molecular formula is C23H24N2. The standard InChI is InChI=1S/C23H24N2/c1-25-17-3-2-4-23(25)22-11-9-19(10-12-22)18-5-7-20(8-6-18)21-13-15-24-16-14-21/h5-16,23H,2-4,17H2,1H3. The molecule has 1 aromatic heterocycles. The maximum absolute atomic E-state index is 4.08. The summed E-state index contributed by atoms with van der Waals surface area (Å²) in [6, 6.07) is 22.6. The van der Waals surface area contributed by atoms with Gasteiger partial charge in [-0.15, -0.1) is 0 Å². The normalized spacial score (nSPS) is 18.2. The Hall–Kier alpha value is -2.45. The average Bonchev–Trinajstić information content (AvgIpc) is 2.69. The van der Waals surface area contributed by atoms with Gasteiger partial charge in [0.25, 0.3) is 0 Å². The maximum atomic E-state index is 4.08. The largest absolute Gasteiger partial charge is 0.299 e. The van der Waals surface area contributed by atoms with Gasteiger partial charge in [-0.3, -0.25) is 9.88 Å². The minimum absolute atomic E-state index is 0.580. The molecule has 4 rings (SSSR count). The van der Waals surface area contributed by atoms with Gasteiger partial charge >= 0.3 is 0 Å². The van der Waals surface area contributed by atoms with Crippen LogP contribution in [0.2, 0.25) is 0 Å². The molecule has 2 nitrogen and oxygen atoms in total. The SMILES string of the molecule is CN1CCCCC1c1ccc(-c2ccc(-c3ccncc3)cc2)cc1. The smallest absolute Gasteiger partial charge is 0.0345 e. The summed E-state index contributed by atoms with van der Waals surface area (Å²) in [5, 5.41) is 0. The summed E-state index contributed by atoms with van der Waals surface area (Å²) >= 11 is 0. The van der Waals surface area contributed by atoms with Gasteiger partial charge in [-0.05, 0) is 66.4 Å². The van der Waals surface area contributed by atoms with E-state index in [0.29, 0.717) is 6.04 Å². The second kappa shape index (κ2) is 7.20. The molecule has 0 spiro atoms. The summed E-state index contributed by atoms with van der Waals surface area (Å²) in [6.45, 7) is 1.21. The molecule has 0 aliphatic carbocycles. The van der Waals surface area contributed by atoms with E-state index in [1.54, 1.807) is 0 Å². The molecule has 0 amide bonds. The number of rotatable bonds is 3. The minimum Gasteiger partial charge on any atom is -0.299 e. The number of nitrogens with zero attached hydrogens (tertiary/aromatic N) is 2. The van der Waals surface area contributed by atoms with Crippen molar-refractivity contribution in [1.29, 1.82) is 0 Å². The van der Waals surface area contributed by atoms with E-state index in [0.717, 1.165) is 0 Å². The van der Waals surface area contributed by atoms with Crippen molar-refractivity contribution in [3.05, 3.63) is 78.6 Å². The van der Waals surface area contributed by atoms with Crippen LogP contribution >= 0.6 is 0 Å². The Balaban J connectivity index is 1.54. The summed E-state index contributed by atoms with van der Waals surface area (Å²) < 4.78 is 0. The Morgan fingerprint density at radius 2 is 1.24 bits per heavy atom. The number of piperidine rings is 1. The van der Waals surface area contributed by atoms with Crippen molar-refractivity contribution in [1.82, 2.24) is 9.88 Å². The number of aromatic nitrogens is 1. The number of benzene rings is 2. The van der Waals surface area contributed by atoms with Gasteiger partial charge in [0.2, 0.25) is 0 Å². The van der Waals surface area contributed by atoms with Gasteiger partial charge in [0.15, 0.2) is 0 Å². The Bertz CT molecular complexity index is 807. The van der Waals surface area contributed by atoms with Crippen LogP contribution in [0.15, 0.2) is 73.1 Å². The lowest BCUT2D eigenvalue weighted by Crippen LogP contribution is -2.29. The van der Waals surface area contributed by atoms with Gasteiger partial charge in [-0.25, -0.2) is 0 Å². The van der Waals surface area contributed by atoms with E-state index < -0.39 is 0 Å². The first kappa shape index (κ1) is 16.0. The molecule has 1 unspecified atom stereocenters. The van der Waals surface area contributed by atoms with Crippen molar-refractivity contribution in [2.75, 3.05) is 13.6 Å². The van der Waals surface area contributed by atoms with Crippen molar-refractivity contribution in [2.24, 2.45) is 0 Å². The first-order valence-electron chi connectivity index (χ1n) is 9.12. The van der Waals surface area contributed by atoms with E-state index in [4.69, 9.17) is 0 Å². The highest BCUT2D eigenvalue weighted by atomic mass is 15.1. The molecule has 0 saturated carbocycles. The molecule has 0 radical (unpaired) electrons. The predicted molar refractivity (Wildman–Crippen MR) is 104 cm³/mol. The number of pyridine rings is 1. The van der Waals surface area contributed by atoms with E-state index in [1.807, 2.05) is 24.5 Å². The third-order valence-electron chi connectivity index (χ3n) is 5.30. The predicted octanol–water partition coefficient (Wildman–Crippen LogP) is 5.57. The molecule has 1 atom stereocenters. The van der Waals surface area contributed by atoms with Crippen molar-refractivity contribution in [3.63, 3.8) is 0 Å². The molecule has 1 aliphatic rings. The fourth-order valence-corrected chi connectivity index (χ4v) is 3.79. The molecule has 2 heterocycles. The van der Waals surface area contributed by atoms with Gasteiger partial charge < -0.3 is 0 Å². The maximum Gasteiger partial charge on any atom is 0.0345 e. The first-order valence-corrected chi connectivity index (χ1v) is 9.12. The highest BCUT2D eigenvalue weighted by Crippen LogP contribution is 2.31. The Kier molecular flexibility index (Phi) is 4.62. The fourth-order valence-electron chi connectivity index (χ4n) is 3.79. The van der Waals surface area contributed by atoms with E-state index in [-0.39, 0.29) is 0 Å². The van der Waals surface area contributed by atoms with Crippen LogP contribution in [0, 0.1) is 0 Å². The van der Waals surface area contributed by atoms with Crippen LogP contribution in [0.4, 0.5) is 0 Å². The van der Waals surface area contributed by atoms with Crippen LogP contribution in [0.5, 0.6) is 0 Å². The van der Waals surface area contributed by atoms with Crippen LogP contribution in [-0.4, -0.2) is 23.5 Å². The van der Waals surface area contributed by atoms with Gasteiger partial charge in [0.05, 0.1) is 0 Å². The monoisotopic (exact) mass is 328 g/mol. The van der Waals surface area contributed by atoms with Crippen LogP contribution < -0.4 is 0 Å². The summed E-state index contributed by atoms with van der Waals surface area (Å²) in [4.78, 5) is 6.57. The molecule has 25 heavy (non-hydrogen) atoms. The van der Waals surface area contributed by atoms with Crippen LogP contribution in [0.3, 0.4) is 0 Å². The van der Waals surface area contributed by atoms with Crippen molar-refractivity contribution in [2.45, 2.75) is 25.3 Å². The molecule has 3 aromatic rings. The van der Waals surface area contributed by atoms with E-state index in [1.165, 1.54) is 53.6 Å². The Morgan fingerprint density at radius 3 is 1.80 bits per heavy atom. The van der Waals surface area contributed by atoms with Crippen LogP contribution in [0.25, 0.3) is 22.3 Å². The van der Waals surface area contributed by atoms with Crippen LogP contribution in [-0.2, 0) is 0 Å². The molecule has 0 bridgehead atoms. The number of hydrogen-bond acceptors (Lipinski definition) is 2. The zero-order valence-corrected chi connectivity index (χ0v) is 14.7. The van der Waals surface area contributed by atoms with Gasteiger partial charge in [0, 0.05) is 18.4 Å². The zero-order chi connectivity index (χ0) is 17.1. The lowest BCUT2D eigenvalue weighted by atomic mass is 9.94. The summed E-state index contributed by atoms with van der Waals surface area (Å²) in [5.41, 5.74) is 6.42. The summed E-state index contributed by atoms with van der Waals surface area (Å²) in [6.07, 6.45) is 7.62. The van der Waals surface area contributed by atoms with E-state index >= 15 is 0 Å². The lowest BCUT2D eigenvalue weighted by molar-refractivity contribution is 0.187. The van der Waals surface area contributed by atoms with E-state index in [2.05, 4.69) is 65.5 Å². The highest BCUT2D eigenvalue weighted by Gasteiger charge is 2.20. The van der Waals surface area contributed by atoms with Crippen LogP contribution in [0.1, 0.15) is 30.9 Å². The number of likely N-dealkylation sites (tertiary alicyclic amines) is 1.